The van der Waals surface area contributed by atoms with E-state index in [4.69, 9.17) is 4.74 Å². The molecule has 0 fully saturated rings. The molecular formula is C9H17NO3. The van der Waals surface area contributed by atoms with Crippen LogP contribution in [-0.2, 0) is 9.53 Å². The molecule has 0 bridgehead atoms. The van der Waals surface area contributed by atoms with Gasteiger partial charge in [-0.1, -0.05) is 0 Å². The molecule has 0 aliphatic carbocycles. The molecule has 13 heavy (non-hydrogen) atoms. The highest BCUT2D eigenvalue weighted by Gasteiger charge is 2.15. The van der Waals surface area contributed by atoms with E-state index in [0.29, 0.717) is 6.61 Å². The van der Waals surface area contributed by atoms with E-state index in [9.17, 15) is 9.90 Å². The van der Waals surface area contributed by atoms with E-state index >= 15 is 0 Å². The maximum absolute atomic E-state index is 11.2. The summed E-state index contributed by atoms with van der Waals surface area (Å²) in [7, 11) is 3.56. The molecule has 0 aromatic heterocycles. The van der Waals surface area contributed by atoms with Crippen LogP contribution in [0.2, 0.25) is 0 Å². The number of ether oxygens (including phenoxy) is 1. The molecule has 0 saturated carbocycles. The van der Waals surface area contributed by atoms with Gasteiger partial charge < -0.3 is 14.7 Å². The normalized spacial score (nSPS) is 13.8. The third-order valence-electron chi connectivity index (χ3n) is 1.36. The van der Waals surface area contributed by atoms with Crippen molar-refractivity contribution in [2.24, 2.45) is 0 Å². The lowest BCUT2D eigenvalue weighted by atomic mass is 10.2. The van der Waals surface area contributed by atoms with Crippen molar-refractivity contribution in [2.75, 3.05) is 20.7 Å². The minimum Gasteiger partial charge on any atom is -0.463 e. The van der Waals surface area contributed by atoms with E-state index in [2.05, 4.69) is 0 Å². The van der Waals surface area contributed by atoms with Gasteiger partial charge in [0.15, 0.2) is 0 Å². The average molecular weight is 187 g/mol. The summed E-state index contributed by atoms with van der Waals surface area (Å²) in [6, 6.07) is 0. The zero-order valence-electron chi connectivity index (χ0n) is 8.57. The van der Waals surface area contributed by atoms with Gasteiger partial charge in [-0.15, -0.1) is 0 Å². The standard InChI is InChI=1S/C9H17NO3/c1-5-13-9(12)8(7(2)11)6-10(3)4/h6-7,11H,5H2,1-4H3. The van der Waals surface area contributed by atoms with Crippen molar-refractivity contribution in [1.82, 2.24) is 4.90 Å². The summed E-state index contributed by atoms with van der Waals surface area (Å²) >= 11 is 0. The van der Waals surface area contributed by atoms with E-state index in [0.717, 1.165) is 0 Å². The first-order valence-electron chi connectivity index (χ1n) is 4.22. The second kappa shape index (κ2) is 5.59. The van der Waals surface area contributed by atoms with Crippen LogP contribution in [0.5, 0.6) is 0 Å². The molecule has 0 aliphatic rings. The van der Waals surface area contributed by atoms with Crippen LogP contribution < -0.4 is 0 Å². The number of aliphatic hydroxyl groups excluding tert-OH is 1. The van der Waals surface area contributed by atoms with Gasteiger partial charge in [-0.05, 0) is 13.8 Å². The second-order valence-electron chi connectivity index (χ2n) is 2.94. The summed E-state index contributed by atoms with van der Waals surface area (Å²) in [6.45, 7) is 3.58. The fourth-order valence-electron chi connectivity index (χ4n) is 0.824. The first kappa shape index (κ1) is 12.0. The summed E-state index contributed by atoms with van der Waals surface area (Å²) in [5.74, 6) is -0.466. The highest BCUT2D eigenvalue weighted by molar-refractivity contribution is 5.89. The van der Waals surface area contributed by atoms with Crippen LogP contribution in [0.4, 0.5) is 0 Å². The number of aliphatic hydroxyl groups is 1. The van der Waals surface area contributed by atoms with E-state index in [1.807, 2.05) is 0 Å². The molecule has 1 unspecified atom stereocenters. The van der Waals surface area contributed by atoms with Crippen molar-refractivity contribution in [3.63, 3.8) is 0 Å². The summed E-state index contributed by atoms with van der Waals surface area (Å²) in [6.07, 6.45) is 0.754. The molecule has 1 N–H and O–H groups in total. The van der Waals surface area contributed by atoms with Crippen molar-refractivity contribution in [2.45, 2.75) is 20.0 Å². The number of rotatable bonds is 4. The van der Waals surface area contributed by atoms with Crippen LogP contribution in [-0.4, -0.2) is 42.8 Å². The molecule has 0 aliphatic heterocycles. The van der Waals surface area contributed by atoms with Crippen molar-refractivity contribution < 1.29 is 14.6 Å². The number of nitrogens with zero attached hydrogens (tertiary/aromatic N) is 1. The van der Waals surface area contributed by atoms with Crippen LogP contribution in [0, 0.1) is 0 Å². The van der Waals surface area contributed by atoms with Crippen LogP contribution in [0.25, 0.3) is 0 Å². The smallest absolute Gasteiger partial charge is 0.338 e. The quantitative estimate of drug-likeness (QED) is 0.510. The predicted molar refractivity (Wildman–Crippen MR) is 50.1 cm³/mol. The Morgan fingerprint density at radius 2 is 2.15 bits per heavy atom. The Hall–Kier alpha value is -1.03. The molecule has 0 rings (SSSR count). The first-order chi connectivity index (χ1) is 5.99. The fraction of sp³-hybridized carbons (Fsp3) is 0.667. The minimum absolute atomic E-state index is 0.270. The molecular weight excluding hydrogens is 170 g/mol. The molecule has 0 aromatic rings. The summed E-state index contributed by atoms with van der Waals surface area (Å²) in [5.41, 5.74) is 0.270. The third kappa shape index (κ3) is 4.52. The monoisotopic (exact) mass is 187 g/mol. The van der Waals surface area contributed by atoms with E-state index < -0.39 is 12.1 Å². The van der Waals surface area contributed by atoms with Crippen LogP contribution in [0.1, 0.15) is 13.8 Å². The summed E-state index contributed by atoms with van der Waals surface area (Å²) < 4.78 is 4.77. The maximum atomic E-state index is 11.2. The summed E-state index contributed by atoms with van der Waals surface area (Å²) in [4.78, 5) is 12.9. The van der Waals surface area contributed by atoms with Crippen molar-refractivity contribution >= 4 is 5.97 Å². The SMILES string of the molecule is CCOC(=O)C(=CN(C)C)C(C)O. The van der Waals surface area contributed by atoms with Gasteiger partial charge in [0, 0.05) is 20.3 Å². The van der Waals surface area contributed by atoms with Crippen molar-refractivity contribution in [1.29, 1.82) is 0 Å². The number of hydrogen-bond donors (Lipinski definition) is 1. The lowest BCUT2D eigenvalue weighted by molar-refractivity contribution is -0.139. The van der Waals surface area contributed by atoms with Crippen molar-refractivity contribution in [3.8, 4) is 0 Å². The van der Waals surface area contributed by atoms with E-state index in [1.165, 1.54) is 6.92 Å². The Kier molecular flexibility index (Phi) is 5.14. The molecule has 0 amide bonds. The topological polar surface area (TPSA) is 49.8 Å². The van der Waals surface area contributed by atoms with Gasteiger partial charge in [0.2, 0.25) is 0 Å². The number of carbonyl (C=O) groups is 1. The fourth-order valence-corrected chi connectivity index (χ4v) is 0.824. The van der Waals surface area contributed by atoms with Gasteiger partial charge in [-0.2, -0.15) is 0 Å². The van der Waals surface area contributed by atoms with E-state index in [1.54, 1.807) is 32.1 Å². The van der Waals surface area contributed by atoms with Gasteiger partial charge in [0.25, 0.3) is 0 Å². The molecule has 0 radical (unpaired) electrons. The van der Waals surface area contributed by atoms with Crippen LogP contribution >= 0.6 is 0 Å². The average Bonchev–Trinajstić information content (AvgIpc) is 1.99. The lowest BCUT2D eigenvalue weighted by Gasteiger charge is -2.12. The molecule has 4 nitrogen and oxygen atoms in total. The predicted octanol–water partition coefficient (Wildman–Crippen LogP) is 0.376. The second-order valence-corrected chi connectivity index (χ2v) is 2.94. The Balaban J connectivity index is 4.51. The van der Waals surface area contributed by atoms with Gasteiger partial charge in [-0.3, -0.25) is 0 Å². The third-order valence-corrected chi connectivity index (χ3v) is 1.36. The first-order valence-corrected chi connectivity index (χ1v) is 4.22. The Bertz CT molecular complexity index is 197. The number of hydrogen-bond acceptors (Lipinski definition) is 4. The Morgan fingerprint density at radius 3 is 2.46 bits per heavy atom. The van der Waals surface area contributed by atoms with Gasteiger partial charge in [0.1, 0.15) is 0 Å². The zero-order chi connectivity index (χ0) is 10.4. The molecule has 0 heterocycles. The highest BCUT2D eigenvalue weighted by Crippen LogP contribution is 2.05. The zero-order valence-corrected chi connectivity index (χ0v) is 8.57. The Labute approximate surface area is 78.8 Å². The maximum Gasteiger partial charge on any atom is 0.338 e. The van der Waals surface area contributed by atoms with Crippen molar-refractivity contribution in [3.05, 3.63) is 11.8 Å². The molecule has 0 aromatic carbocycles. The van der Waals surface area contributed by atoms with Crippen LogP contribution in [0.15, 0.2) is 11.8 Å². The molecule has 0 saturated heterocycles. The van der Waals surface area contributed by atoms with Gasteiger partial charge in [0.05, 0.1) is 18.3 Å². The molecule has 0 spiro atoms. The largest absolute Gasteiger partial charge is 0.463 e. The lowest BCUT2D eigenvalue weighted by Crippen LogP contribution is -2.20. The van der Waals surface area contributed by atoms with Gasteiger partial charge in [-0.25, -0.2) is 4.79 Å². The number of esters is 1. The Morgan fingerprint density at radius 1 is 1.62 bits per heavy atom. The highest BCUT2D eigenvalue weighted by atomic mass is 16.5. The molecule has 1 atom stereocenters. The molecule has 76 valence electrons. The van der Waals surface area contributed by atoms with E-state index in [-0.39, 0.29) is 5.57 Å². The molecule has 4 heteroatoms. The minimum atomic E-state index is -0.804. The van der Waals surface area contributed by atoms with Gasteiger partial charge >= 0.3 is 5.97 Å². The summed E-state index contributed by atoms with van der Waals surface area (Å²) in [5, 5.41) is 9.26. The number of carbonyl (C=O) groups excluding carboxylic acids is 1. The van der Waals surface area contributed by atoms with Crippen LogP contribution in [0.3, 0.4) is 0 Å².